The van der Waals surface area contributed by atoms with E-state index >= 15 is 0 Å². The van der Waals surface area contributed by atoms with E-state index in [9.17, 15) is 0 Å². The summed E-state index contributed by atoms with van der Waals surface area (Å²) >= 11 is 1.72. The minimum absolute atomic E-state index is 1.72. The minimum atomic E-state index is 1.72. The molecule has 0 aliphatic rings. The monoisotopic (exact) mass is 86.0 g/mol. The molecular formula is C3H7BS. The Morgan fingerprint density at radius 1 is 1.80 bits per heavy atom. The molecule has 5 heavy (non-hydrogen) atoms. The van der Waals surface area contributed by atoms with Crippen LogP contribution in [0.2, 0.25) is 0 Å². The highest BCUT2D eigenvalue weighted by Gasteiger charge is 1.51. The van der Waals surface area contributed by atoms with Crippen LogP contribution in [0, 0.1) is 0 Å². The lowest BCUT2D eigenvalue weighted by atomic mass is 10.2. The van der Waals surface area contributed by atoms with E-state index in [1.165, 1.54) is 0 Å². The zero-order valence-electron chi connectivity index (χ0n) is 3.56. The fourth-order valence-corrected chi connectivity index (χ4v) is 0.408. The first-order valence-electron chi connectivity index (χ1n) is 1.55. The third-order valence-corrected chi connectivity index (χ3v) is 0.816. The van der Waals surface area contributed by atoms with Crippen LogP contribution in [0.15, 0.2) is 11.4 Å². The lowest BCUT2D eigenvalue weighted by Gasteiger charge is -1.65. The molecule has 0 saturated carbocycles. The normalized spacial score (nSPS) is 9.80. The quantitative estimate of drug-likeness (QED) is 0.417. The van der Waals surface area contributed by atoms with Crippen molar-refractivity contribution in [1.29, 1.82) is 0 Å². The molecule has 28 valence electrons. The van der Waals surface area contributed by atoms with Gasteiger partial charge in [0.2, 0.25) is 0 Å². The molecule has 0 N–H and O–H groups in total. The van der Waals surface area contributed by atoms with Gasteiger partial charge in [-0.15, -0.1) is 17.7 Å². The van der Waals surface area contributed by atoms with Gasteiger partial charge in [0.25, 0.3) is 0 Å². The maximum atomic E-state index is 2.04. The van der Waals surface area contributed by atoms with E-state index in [1.54, 1.807) is 11.8 Å². The van der Waals surface area contributed by atoms with Gasteiger partial charge in [-0.05, 0) is 11.7 Å². The average Bonchev–Trinajstić information content (AvgIpc) is 1.41. The van der Waals surface area contributed by atoms with Gasteiger partial charge in [-0.2, -0.15) is 0 Å². The number of rotatable bonds is 1. The zero-order chi connectivity index (χ0) is 4.12. The molecule has 0 bridgehead atoms. The Balaban J connectivity index is 2.62. The average molecular weight is 86.0 g/mol. The summed E-state index contributed by atoms with van der Waals surface area (Å²) in [6.07, 6.45) is 2.04. The Hall–Kier alpha value is 0.155. The molecule has 0 atom stereocenters. The first kappa shape index (κ1) is 5.15. The van der Waals surface area contributed by atoms with Crippen LogP contribution in [-0.2, 0) is 0 Å². The van der Waals surface area contributed by atoms with Gasteiger partial charge in [0, 0.05) is 0 Å². The molecular weight excluding hydrogens is 78.9 g/mol. The van der Waals surface area contributed by atoms with E-state index in [0.717, 1.165) is 0 Å². The van der Waals surface area contributed by atoms with Gasteiger partial charge in [0.05, 0.1) is 0 Å². The second kappa shape index (κ2) is 4.15. The summed E-state index contributed by atoms with van der Waals surface area (Å²) in [5.41, 5.74) is 0. The van der Waals surface area contributed by atoms with E-state index in [-0.39, 0.29) is 0 Å². The van der Waals surface area contributed by atoms with Crippen LogP contribution in [-0.4, -0.2) is 14.1 Å². The summed E-state index contributed by atoms with van der Waals surface area (Å²) in [7, 11) is 2.01. The van der Waals surface area contributed by atoms with Gasteiger partial charge in [0.1, 0.15) is 7.85 Å². The maximum Gasteiger partial charge on any atom is 0.130 e. The highest BCUT2D eigenvalue weighted by molar-refractivity contribution is 8.01. The molecule has 0 nitrogen and oxygen atoms in total. The smallest absolute Gasteiger partial charge is 0.130 e. The summed E-state index contributed by atoms with van der Waals surface area (Å²) in [5, 5.41) is 2.04. The first-order valence-corrected chi connectivity index (χ1v) is 2.84. The predicted octanol–water partition coefficient (Wildman–Crippen LogP) is 0.454. The minimum Gasteiger partial charge on any atom is -0.139 e. The van der Waals surface area contributed by atoms with Gasteiger partial charge < -0.3 is 0 Å². The Kier molecular flexibility index (Phi) is 4.28. The topological polar surface area (TPSA) is 0 Å². The fraction of sp³-hybridized carbons (Fsp3) is 0.333. The van der Waals surface area contributed by atoms with Crippen molar-refractivity contribution in [2.45, 2.75) is 0 Å². The molecule has 0 spiro atoms. The van der Waals surface area contributed by atoms with E-state index in [4.69, 9.17) is 0 Å². The summed E-state index contributed by atoms with van der Waals surface area (Å²) in [6, 6.07) is 0. The number of hydrogen-bond acceptors (Lipinski definition) is 1. The highest BCUT2D eigenvalue weighted by atomic mass is 32.2. The second-order valence-corrected chi connectivity index (χ2v) is 1.45. The Labute approximate surface area is 38.1 Å². The maximum absolute atomic E-state index is 2.04. The molecule has 0 rings (SSSR count). The molecule has 0 aromatic carbocycles. The van der Waals surface area contributed by atoms with E-state index < -0.39 is 0 Å². The SMILES string of the molecule is B/C=C\SC. The molecule has 2 heteroatoms. The Morgan fingerprint density at radius 2 is 2.40 bits per heavy atom. The van der Waals surface area contributed by atoms with Crippen LogP contribution in [0.5, 0.6) is 0 Å². The van der Waals surface area contributed by atoms with Crippen molar-refractivity contribution >= 4 is 19.6 Å². The lowest BCUT2D eigenvalue weighted by Crippen LogP contribution is -1.43. The molecule has 0 amide bonds. The summed E-state index contributed by atoms with van der Waals surface area (Å²) in [5.74, 6) is 2.02. The van der Waals surface area contributed by atoms with E-state index in [2.05, 4.69) is 0 Å². The molecule has 0 heterocycles. The zero-order valence-corrected chi connectivity index (χ0v) is 4.38. The molecule has 0 unspecified atom stereocenters. The van der Waals surface area contributed by atoms with Crippen molar-refractivity contribution in [3.63, 3.8) is 0 Å². The van der Waals surface area contributed by atoms with Crippen molar-refractivity contribution < 1.29 is 0 Å². The van der Waals surface area contributed by atoms with Crippen LogP contribution in [0.3, 0.4) is 0 Å². The lowest BCUT2D eigenvalue weighted by molar-refractivity contribution is 2.42. The van der Waals surface area contributed by atoms with Gasteiger partial charge in [-0.1, -0.05) is 0 Å². The second-order valence-electron chi connectivity index (χ2n) is 0.705. The van der Waals surface area contributed by atoms with Crippen molar-refractivity contribution in [1.82, 2.24) is 0 Å². The van der Waals surface area contributed by atoms with Crippen LogP contribution in [0.1, 0.15) is 0 Å². The van der Waals surface area contributed by atoms with Crippen LogP contribution in [0.25, 0.3) is 0 Å². The summed E-state index contributed by atoms with van der Waals surface area (Å²) in [6.45, 7) is 0. The number of hydrogen-bond donors (Lipinski definition) is 0. The Morgan fingerprint density at radius 3 is 2.40 bits per heavy atom. The molecule has 0 fully saturated rings. The summed E-state index contributed by atoms with van der Waals surface area (Å²) in [4.78, 5) is 0. The summed E-state index contributed by atoms with van der Waals surface area (Å²) < 4.78 is 0. The standard InChI is InChI=1S/C3H7BS/c1-5-3-2-4/h2-3H,4H2,1H3/b3-2-. The van der Waals surface area contributed by atoms with Gasteiger partial charge in [0.15, 0.2) is 0 Å². The third kappa shape index (κ3) is 4.15. The van der Waals surface area contributed by atoms with Crippen molar-refractivity contribution in [2.75, 3.05) is 6.26 Å². The Bertz CT molecular complexity index is 33.9. The van der Waals surface area contributed by atoms with E-state index in [1.807, 2.05) is 25.5 Å². The van der Waals surface area contributed by atoms with Crippen molar-refractivity contribution in [3.8, 4) is 0 Å². The fourth-order valence-electron chi connectivity index (χ4n) is 0.136. The third-order valence-electron chi connectivity index (χ3n) is 0.272. The predicted molar refractivity (Wildman–Crippen MR) is 31.2 cm³/mol. The van der Waals surface area contributed by atoms with Crippen molar-refractivity contribution in [3.05, 3.63) is 11.4 Å². The largest absolute Gasteiger partial charge is 0.139 e. The van der Waals surface area contributed by atoms with Crippen LogP contribution < -0.4 is 0 Å². The van der Waals surface area contributed by atoms with E-state index in [0.29, 0.717) is 0 Å². The van der Waals surface area contributed by atoms with Gasteiger partial charge in [-0.3, -0.25) is 0 Å². The van der Waals surface area contributed by atoms with Gasteiger partial charge >= 0.3 is 0 Å². The van der Waals surface area contributed by atoms with Gasteiger partial charge in [-0.25, -0.2) is 0 Å². The first-order chi connectivity index (χ1) is 2.41. The number of thioether (sulfide) groups is 1. The molecule has 0 aromatic rings. The molecule has 0 aromatic heterocycles. The van der Waals surface area contributed by atoms with Crippen molar-refractivity contribution in [2.24, 2.45) is 0 Å². The molecule has 0 aliphatic carbocycles. The highest BCUT2D eigenvalue weighted by Crippen LogP contribution is 1.88. The van der Waals surface area contributed by atoms with Crippen LogP contribution in [0.4, 0.5) is 0 Å². The molecule has 0 saturated heterocycles. The molecule has 0 aliphatic heterocycles. The van der Waals surface area contributed by atoms with Crippen LogP contribution >= 0.6 is 11.8 Å². The molecule has 0 radical (unpaired) electrons.